The van der Waals surface area contributed by atoms with Crippen LogP contribution in [-0.2, 0) is 11.3 Å². The fourth-order valence-corrected chi connectivity index (χ4v) is 2.37. The number of aromatic nitrogens is 2. The average molecular weight is 298 g/mol. The van der Waals surface area contributed by atoms with Crippen LogP contribution in [0.5, 0.6) is 0 Å². The van der Waals surface area contributed by atoms with Gasteiger partial charge in [-0.2, -0.15) is 0 Å². The van der Waals surface area contributed by atoms with Crippen LogP contribution in [0, 0.1) is 0 Å². The van der Waals surface area contributed by atoms with Crippen molar-refractivity contribution in [1.29, 1.82) is 0 Å². The Hall–Kier alpha value is -2.44. The van der Waals surface area contributed by atoms with Gasteiger partial charge in [0.15, 0.2) is 5.82 Å². The average Bonchev–Trinajstić information content (AvgIpc) is 2.92. The first kappa shape index (κ1) is 13.5. The lowest BCUT2D eigenvalue weighted by molar-refractivity contribution is 0.542. The highest BCUT2D eigenvalue weighted by Crippen LogP contribution is 2.25. The van der Waals surface area contributed by atoms with E-state index in [1.54, 1.807) is 10.7 Å². The molecule has 0 bridgehead atoms. The molecule has 1 heterocycles. The van der Waals surface area contributed by atoms with Crippen LogP contribution in [0.4, 0.5) is 5.82 Å². The van der Waals surface area contributed by atoms with Crippen molar-refractivity contribution in [3.8, 4) is 16.9 Å². The molecule has 3 rings (SSSR count). The lowest BCUT2D eigenvalue weighted by Crippen LogP contribution is -2.04. The lowest BCUT2D eigenvalue weighted by Gasteiger charge is -2.07. The second kappa shape index (κ2) is 5.90. The standard InChI is InChI=1S/C15H13N3O2S/c19-21(20)17-15-11-14(12-7-3-1-4-8-12)18(16-15)13-9-5-2-6-10-13/h1-11H,(H,16,17)(H,19,20)/p-1. The highest BCUT2D eigenvalue weighted by Gasteiger charge is 2.11. The van der Waals surface area contributed by atoms with Crippen LogP contribution in [-0.4, -0.2) is 18.5 Å². The minimum absolute atomic E-state index is 0.283. The molecule has 0 saturated heterocycles. The van der Waals surface area contributed by atoms with Crippen LogP contribution in [0.2, 0.25) is 0 Å². The molecule has 1 atom stereocenters. The summed E-state index contributed by atoms with van der Waals surface area (Å²) in [6.45, 7) is 0. The summed E-state index contributed by atoms with van der Waals surface area (Å²) in [5.41, 5.74) is 2.63. The number of benzene rings is 2. The van der Waals surface area contributed by atoms with Crippen molar-refractivity contribution in [3.05, 3.63) is 66.7 Å². The Morgan fingerprint density at radius 1 is 1.00 bits per heavy atom. The molecule has 2 aromatic carbocycles. The molecule has 21 heavy (non-hydrogen) atoms. The number of anilines is 1. The van der Waals surface area contributed by atoms with Crippen LogP contribution in [0.25, 0.3) is 16.9 Å². The van der Waals surface area contributed by atoms with Gasteiger partial charge in [-0.3, -0.25) is 8.93 Å². The maximum absolute atomic E-state index is 10.8. The Kier molecular flexibility index (Phi) is 3.81. The van der Waals surface area contributed by atoms with E-state index in [0.717, 1.165) is 16.9 Å². The molecular weight excluding hydrogens is 286 g/mol. The fraction of sp³-hybridized carbons (Fsp3) is 0. The SMILES string of the molecule is O=S([O-])Nc1cc(-c2ccccc2)n(-c2ccccc2)n1. The first-order valence-electron chi connectivity index (χ1n) is 6.31. The minimum Gasteiger partial charge on any atom is -0.755 e. The molecule has 0 aliphatic rings. The van der Waals surface area contributed by atoms with Crippen LogP contribution in [0.3, 0.4) is 0 Å². The van der Waals surface area contributed by atoms with Gasteiger partial charge in [0.2, 0.25) is 0 Å². The molecular formula is C15H12N3O2S-. The molecule has 1 N–H and O–H groups in total. The van der Waals surface area contributed by atoms with Gasteiger partial charge in [-0.05, 0) is 12.1 Å². The molecule has 0 radical (unpaired) electrons. The van der Waals surface area contributed by atoms with E-state index in [1.807, 2.05) is 60.7 Å². The summed E-state index contributed by atoms with van der Waals surface area (Å²) >= 11 is -2.40. The zero-order valence-corrected chi connectivity index (χ0v) is 11.8. The van der Waals surface area contributed by atoms with Gasteiger partial charge in [-0.1, -0.05) is 48.5 Å². The molecule has 0 fully saturated rings. The molecule has 0 aliphatic carbocycles. The van der Waals surface area contributed by atoms with E-state index in [2.05, 4.69) is 9.82 Å². The van der Waals surface area contributed by atoms with Crippen molar-refractivity contribution in [2.75, 3.05) is 4.72 Å². The van der Waals surface area contributed by atoms with Crippen LogP contribution >= 0.6 is 0 Å². The van der Waals surface area contributed by atoms with Crippen LogP contribution < -0.4 is 4.72 Å². The minimum atomic E-state index is -2.40. The van der Waals surface area contributed by atoms with E-state index in [9.17, 15) is 8.76 Å². The summed E-state index contributed by atoms with van der Waals surface area (Å²) in [4.78, 5) is 0. The Balaban J connectivity index is 2.13. The van der Waals surface area contributed by atoms with E-state index >= 15 is 0 Å². The van der Waals surface area contributed by atoms with Gasteiger partial charge in [-0.25, -0.2) is 4.68 Å². The third kappa shape index (κ3) is 3.01. The van der Waals surface area contributed by atoms with Crippen molar-refractivity contribution in [2.24, 2.45) is 0 Å². The number of hydrogen-bond acceptors (Lipinski definition) is 3. The van der Waals surface area contributed by atoms with E-state index in [4.69, 9.17) is 0 Å². The topological polar surface area (TPSA) is 70.0 Å². The Morgan fingerprint density at radius 3 is 2.24 bits per heavy atom. The molecule has 3 aromatic rings. The molecule has 0 spiro atoms. The number of nitrogens with one attached hydrogen (secondary N) is 1. The quantitative estimate of drug-likeness (QED) is 0.753. The summed E-state index contributed by atoms with van der Waals surface area (Å²) in [6, 6.07) is 21.0. The molecule has 1 unspecified atom stereocenters. The van der Waals surface area contributed by atoms with Gasteiger partial charge in [0.1, 0.15) is 0 Å². The third-order valence-corrected chi connectivity index (χ3v) is 3.34. The molecule has 0 saturated carbocycles. The summed E-state index contributed by atoms with van der Waals surface area (Å²) in [5.74, 6) is 0.283. The summed E-state index contributed by atoms with van der Waals surface area (Å²) in [5, 5.41) is 4.31. The second-order valence-corrected chi connectivity index (χ2v) is 5.04. The number of para-hydroxylation sites is 1. The van der Waals surface area contributed by atoms with Crippen molar-refractivity contribution in [1.82, 2.24) is 9.78 Å². The van der Waals surface area contributed by atoms with Gasteiger partial charge >= 0.3 is 0 Å². The summed E-state index contributed by atoms with van der Waals surface area (Å²) in [7, 11) is 0. The number of nitrogens with zero attached hydrogens (tertiary/aromatic N) is 2. The van der Waals surface area contributed by atoms with E-state index in [-0.39, 0.29) is 5.82 Å². The monoisotopic (exact) mass is 298 g/mol. The van der Waals surface area contributed by atoms with Crippen molar-refractivity contribution in [2.45, 2.75) is 0 Å². The Labute approximate surface area is 124 Å². The molecule has 1 aromatic heterocycles. The van der Waals surface area contributed by atoms with Crippen molar-refractivity contribution in [3.63, 3.8) is 0 Å². The first-order valence-corrected chi connectivity index (χ1v) is 7.38. The van der Waals surface area contributed by atoms with Gasteiger partial charge in [-0.15, -0.1) is 5.10 Å². The first-order chi connectivity index (χ1) is 10.2. The molecule has 106 valence electrons. The summed E-state index contributed by atoms with van der Waals surface area (Å²) in [6.07, 6.45) is 0. The molecule has 5 nitrogen and oxygen atoms in total. The number of hydrogen-bond donors (Lipinski definition) is 1. The van der Waals surface area contributed by atoms with Gasteiger partial charge < -0.3 is 4.55 Å². The zero-order valence-electron chi connectivity index (χ0n) is 11.0. The van der Waals surface area contributed by atoms with Gasteiger partial charge in [0.25, 0.3) is 0 Å². The highest BCUT2D eigenvalue weighted by atomic mass is 32.2. The second-order valence-electron chi connectivity index (χ2n) is 4.36. The predicted molar refractivity (Wildman–Crippen MR) is 81.5 cm³/mol. The van der Waals surface area contributed by atoms with Gasteiger partial charge in [0.05, 0.1) is 11.4 Å². The van der Waals surface area contributed by atoms with Crippen molar-refractivity contribution >= 4 is 17.1 Å². The molecule has 0 aliphatic heterocycles. The summed E-state index contributed by atoms with van der Waals surface area (Å²) < 4.78 is 25.6. The molecule has 6 heteroatoms. The lowest BCUT2D eigenvalue weighted by atomic mass is 10.1. The van der Waals surface area contributed by atoms with Crippen molar-refractivity contribution < 1.29 is 8.76 Å². The van der Waals surface area contributed by atoms with Crippen LogP contribution in [0.1, 0.15) is 0 Å². The highest BCUT2D eigenvalue weighted by molar-refractivity contribution is 7.80. The van der Waals surface area contributed by atoms with Gasteiger partial charge in [0, 0.05) is 22.9 Å². The maximum atomic E-state index is 10.8. The molecule has 0 amide bonds. The van der Waals surface area contributed by atoms with E-state index in [1.165, 1.54) is 0 Å². The van der Waals surface area contributed by atoms with E-state index < -0.39 is 11.3 Å². The fourth-order valence-electron chi connectivity index (χ4n) is 2.10. The largest absolute Gasteiger partial charge is 0.755 e. The Morgan fingerprint density at radius 2 is 1.62 bits per heavy atom. The maximum Gasteiger partial charge on any atom is 0.159 e. The zero-order chi connectivity index (χ0) is 14.7. The van der Waals surface area contributed by atoms with E-state index in [0.29, 0.717) is 0 Å². The normalized spacial score (nSPS) is 12.0. The predicted octanol–water partition coefficient (Wildman–Crippen LogP) is 2.75. The van der Waals surface area contributed by atoms with Crippen LogP contribution in [0.15, 0.2) is 66.7 Å². The third-order valence-electron chi connectivity index (χ3n) is 2.97. The smallest absolute Gasteiger partial charge is 0.159 e. The Bertz CT molecular complexity index is 700. The number of rotatable bonds is 4.